The molecule has 0 bridgehead atoms. The van der Waals surface area contributed by atoms with Gasteiger partial charge in [-0.1, -0.05) is 30.3 Å². The number of carbonyl (C=O) groups excluding carboxylic acids is 1. The van der Waals surface area contributed by atoms with Crippen LogP contribution in [-0.2, 0) is 12.7 Å². The van der Waals surface area contributed by atoms with E-state index in [1.807, 2.05) is 6.07 Å². The van der Waals surface area contributed by atoms with Crippen LogP contribution in [0.2, 0.25) is 0 Å². The highest BCUT2D eigenvalue weighted by atomic mass is 79.9. The number of aromatic hydroxyl groups is 1. The third-order valence-corrected chi connectivity index (χ3v) is 6.28. The van der Waals surface area contributed by atoms with E-state index in [1.54, 1.807) is 59.2 Å². The lowest BCUT2D eigenvalue weighted by molar-refractivity contribution is -0.137. The molecule has 0 saturated heterocycles. The predicted molar refractivity (Wildman–Crippen MR) is 141 cm³/mol. The molecule has 0 aliphatic rings. The number of fused-ring (bicyclic) bond motifs is 1. The fourth-order valence-electron chi connectivity index (χ4n) is 3.88. The molecule has 5 aromatic rings. The molecule has 0 spiro atoms. The summed E-state index contributed by atoms with van der Waals surface area (Å²) in [6.07, 6.45) is -2.92. The minimum Gasteiger partial charge on any atom is -0.507 e. The topological polar surface area (TPSA) is 91.5 Å². The molecule has 0 aliphatic carbocycles. The second-order valence-corrected chi connectivity index (χ2v) is 9.21. The van der Waals surface area contributed by atoms with E-state index in [2.05, 4.69) is 36.6 Å². The van der Waals surface area contributed by atoms with Gasteiger partial charge in [-0.2, -0.15) is 22.8 Å². The van der Waals surface area contributed by atoms with Crippen molar-refractivity contribution in [3.8, 4) is 17.0 Å². The lowest BCUT2D eigenvalue weighted by Gasteiger charge is -2.13. The fourth-order valence-corrected chi connectivity index (χ4v) is 4.23. The standard InChI is InChI=1S/C27H19BrF3N5O2/c28-21-15-33-36-24(13-22(35-25(21)36)20-9-1-2-10-23(20)37)32-14-16-5-3-8-19(11-16)34-26(38)17-6-4-7-18(12-17)27(29,30)31/h1-13,15,32,37H,14H2,(H,34,38). The van der Waals surface area contributed by atoms with Gasteiger partial charge < -0.3 is 15.7 Å². The third-order valence-electron chi connectivity index (χ3n) is 5.72. The van der Waals surface area contributed by atoms with Crippen molar-refractivity contribution in [1.82, 2.24) is 14.6 Å². The average Bonchev–Trinajstić information content (AvgIpc) is 3.28. The number of alkyl halides is 3. The number of nitrogens with zero attached hydrogens (tertiary/aromatic N) is 3. The van der Waals surface area contributed by atoms with Crippen molar-refractivity contribution in [3.63, 3.8) is 0 Å². The number of aromatic nitrogens is 3. The van der Waals surface area contributed by atoms with Gasteiger partial charge in [-0.3, -0.25) is 4.79 Å². The summed E-state index contributed by atoms with van der Waals surface area (Å²) in [6, 6.07) is 19.9. The van der Waals surface area contributed by atoms with Crippen molar-refractivity contribution in [2.24, 2.45) is 0 Å². The summed E-state index contributed by atoms with van der Waals surface area (Å²) in [6.45, 7) is 0.337. The quantitative estimate of drug-likeness (QED) is 0.206. The first-order chi connectivity index (χ1) is 18.2. The van der Waals surface area contributed by atoms with Crippen LogP contribution >= 0.6 is 15.9 Å². The Bertz CT molecular complexity index is 1650. The summed E-state index contributed by atoms with van der Waals surface area (Å²) in [5.41, 5.74) is 1.90. The van der Waals surface area contributed by atoms with Gasteiger partial charge >= 0.3 is 6.18 Å². The Morgan fingerprint density at radius 3 is 2.58 bits per heavy atom. The molecule has 0 saturated carbocycles. The van der Waals surface area contributed by atoms with Crippen LogP contribution in [0.25, 0.3) is 16.9 Å². The minimum absolute atomic E-state index is 0.0927. The van der Waals surface area contributed by atoms with E-state index in [4.69, 9.17) is 0 Å². The van der Waals surface area contributed by atoms with Crippen LogP contribution < -0.4 is 10.6 Å². The molecule has 2 heterocycles. The average molecular weight is 582 g/mol. The Kier molecular flexibility index (Phi) is 6.77. The number of carbonyl (C=O) groups is 1. The monoisotopic (exact) mass is 581 g/mol. The van der Waals surface area contributed by atoms with Gasteiger partial charge in [-0.05, 0) is 64.0 Å². The Hall–Kier alpha value is -4.38. The molecule has 1 amide bonds. The van der Waals surface area contributed by atoms with Crippen molar-refractivity contribution in [3.05, 3.63) is 106 Å². The lowest BCUT2D eigenvalue weighted by Crippen LogP contribution is -2.14. The molecule has 3 N–H and O–H groups in total. The van der Waals surface area contributed by atoms with E-state index in [0.29, 0.717) is 39.4 Å². The van der Waals surface area contributed by atoms with Crippen molar-refractivity contribution in [1.29, 1.82) is 0 Å². The van der Waals surface area contributed by atoms with Crippen LogP contribution in [0.3, 0.4) is 0 Å². The van der Waals surface area contributed by atoms with Gasteiger partial charge in [0.2, 0.25) is 0 Å². The first-order valence-corrected chi connectivity index (χ1v) is 12.1. The SMILES string of the molecule is O=C(Nc1cccc(CNc2cc(-c3ccccc3O)nc3c(Br)cnn23)c1)c1cccc(C(F)(F)F)c1. The zero-order chi connectivity index (χ0) is 26.9. The van der Waals surface area contributed by atoms with Gasteiger partial charge in [-0.15, -0.1) is 0 Å². The van der Waals surface area contributed by atoms with Crippen molar-refractivity contribution < 1.29 is 23.1 Å². The maximum atomic E-state index is 13.0. The number of amides is 1. The number of hydrogen-bond donors (Lipinski definition) is 3. The van der Waals surface area contributed by atoms with Gasteiger partial charge in [-0.25, -0.2) is 4.98 Å². The molecule has 7 nitrogen and oxygen atoms in total. The molecule has 0 aliphatic heterocycles. The van der Waals surface area contributed by atoms with Crippen molar-refractivity contribution in [2.45, 2.75) is 12.7 Å². The summed E-state index contributed by atoms with van der Waals surface area (Å²) in [5.74, 6) is 0.0539. The van der Waals surface area contributed by atoms with Crippen LogP contribution in [0.15, 0.2) is 89.5 Å². The molecule has 11 heteroatoms. The number of halogens is 4. The first-order valence-electron chi connectivity index (χ1n) is 11.3. The maximum absolute atomic E-state index is 13.0. The molecular weight excluding hydrogens is 563 g/mol. The van der Waals surface area contributed by atoms with E-state index in [1.165, 1.54) is 12.1 Å². The maximum Gasteiger partial charge on any atom is 0.416 e. The van der Waals surface area contributed by atoms with E-state index in [-0.39, 0.29) is 11.3 Å². The fraction of sp³-hybridized carbons (Fsp3) is 0.0741. The van der Waals surface area contributed by atoms with Gasteiger partial charge in [0.05, 0.1) is 21.9 Å². The lowest BCUT2D eigenvalue weighted by atomic mass is 10.1. The molecule has 0 fully saturated rings. The molecule has 5 rings (SSSR count). The molecule has 3 aromatic carbocycles. The third kappa shape index (κ3) is 5.32. The second-order valence-electron chi connectivity index (χ2n) is 8.36. The number of phenolic OH excluding ortho intramolecular Hbond substituents is 1. The van der Waals surface area contributed by atoms with Gasteiger partial charge in [0.1, 0.15) is 11.6 Å². The summed E-state index contributed by atoms with van der Waals surface area (Å²) in [7, 11) is 0. The number of phenols is 1. The molecule has 2 aromatic heterocycles. The summed E-state index contributed by atoms with van der Waals surface area (Å²) >= 11 is 3.45. The number of para-hydroxylation sites is 1. The predicted octanol–water partition coefficient (Wildman–Crippen LogP) is 6.75. The number of benzene rings is 3. The number of anilines is 2. The Labute approximate surface area is 223 Å². The summed E-state index contributed by atoms with van der Waals surface area (Å²) in [5, 5.41) is 20.6. The normalized spacial score (nSPS) is 11.5. The molecule has 0 unspecified atom stereocenters. The number of rotatable bonds is 6. The van der Waals surface area contributed by atoms with Gasteiger partial charge in [0, 0.05) is 29.4 Å². The van der Waals surface area contributed by atoms with Crippen LogP contribution in [0.5, 0.6) is 5.75 Å². The highest BCUT2D eigenvalue weighted by Crippen LogP contribution is 2.32. The van der Waals surface area contributed by atoms with Crippen LogP contribution in [0.1, 0.15) is 21.5 Å². The zero-order valence-corrected chi connectivity index (χ0v) is 21.1. The molecule has 38 heavy (non-hydrogen) atoms. The Balaban J connectivity index is 1.36. The highest BCUT2D eigenvalue weighted by Gasteiger charge is 2.30. The van der Waals surface area contributed by atoms with Crippen molar-refractivity contribution >= 4 is 39.0 Å². The van der Waals surface area contributed by atoms with Crippen molar-refractivity contribution in [2.75, 3.05) is 10.6 Å². The Morgan fingerprint density at radius 2 is 1.79 bits per heavy atom. The molecular formula is C27H19BrF3N5O2. The molecule has 0 atom stereocenters. The van der Waals surface area contributed by atoms with E-state index in [9.17, 15) is 23.1 Å². The Morgan fingerprint density at radius 1 is 1.00 bits per heavy atom. The zero-order valence-electron chi connectivity index (χ0n) is 19.5. The summed E-state index contributed by atoms with van der Waals surface area (Å²) < 4.78 is 41.3. The van der Waals surface area contributed by atoms with E-state index >= 15 is 0 Å². The van der Waals surface area contributed by atoms with Gasteiger partial charge in [0.25, 0.3) is 5.91 Å². The van der Waals surface area contributed by atoms with Gasteiger partial charge in [0.15, 0.2) is 5.65 Å². The largest absolute Gasteiger partial charge is 0.507 e. The minimum atomic E-state index is -4.54. The molecule has 0 radical (unpaired) electrons. The summed E-state index contributed by atoms with van der Waals surface area (Å²) in [4.78, 5) is 17.2. The first kappa shape index (κ1) is 25.3. The van der Waals surface area contributed by atoms with E-state index in [0.717, 1.165) is 17.7 Å². The number of hydrogen-bond acceptors (Lipinski definition) is 5. The van der Waals surface area contributed by atoms with Crippen LogP contribution in [0, 0.1) is 0 Å². The smallest absolute Gasteiger partial charge is 0.416 e. The second kappa shape index (κ2) is 10.2. The van der Waals surface area contributed by atoms with Crippen LogP contribution in [-0.4, -0.2) is 25.6 Å². The van der Waals surface area contributed by atoms with Crippen LogP contribution in [0.4, 0.5) is 24.7 Å². The highest BCUT2D eigenvalue weighted by molar-refractivity contribution is 9.10. The number of nitrogens with one attached hydrogen (secondary N) is 2. The molecule has 192 valence electrons. The van der Waals surface area contributed by atoms with E-state index < -0.39 is 17.6 Å².